The number of aliphatic hydroxyl groups is 1. The van der Waals surface area contributed by atoms with Crippen LogP contribution in [0.4, 0.5) is 8.78 Å². The smallest absolute Gasteiger partial charge is 0.459 e. The highest BCUT2D eigenvalue weighted by Gasteiger charge is 2.65. The summed E-state index contributed by atoms with van der Waals surface area (Å²) in [6.45, 7) is 3.94. The molecule has 1 aliphatic rings. The fourth-order valence-corrected chi connectivity index (χ4v) is 6.07. The molecule has 42 heavy (non-hydrogen) atoms. The zero-order chi connectivity index (χ0) is 31.0. The van der Waals surface area contributed by atoms with E-state index in [9.17, 15) is 24.1 Å². The van der Waals surface area contributed by atoms with Crippen molar-refractivity contribution in [3.8, 4) is 5.75 Å². The largest absolute Gasteiger partial charge is 0.462 e. The molecule has 1 saturated heterocycles. The highest BCUT2D eigenvalue weighted by Crippen LogP contribution is 2.51. The molecule has 0 spiro atoms. The fraction of sp³-hybridized carbons (Fsp3) is 0.423. The number of aliphatic hydroxyl groups excluding tert-OH is 1. The van der Waals surface area contributed by atoms with Crippen LogP contribution in [0.1, 0.15) is 33.9 Å². The van der Waals surface area contributed by atoms with Crippen LogP contribution in [-0.4, -0.2) is 57.0 Å². The van der Waals surface area contributed by atoms with E-state index in [0.717, 1.165) is 18.5 Å². The molecule has 1 aromatic heterocycles. The van der Waals surface area contributed by atoms with Gasteiger partial charge >= 0.3 is 19.4 Å². The van der Waals surface area contributed by atoms with E-state index in [1.807, 2.05) is 17.1 Å². The Morgan fingerprint density at radius 3 is 2.55 bits per heavy atom. The van der Waals surface area contributed by atoms with Crippen LogP contribution >= 0.6 is 23.7 Å². The van der Waals surface area contributed by atoms with Gasteiger partial charge < -0.3 is 19.1 Å². The van der Waals surface area contributed by atoms with Crippen LogP contribution in [-0.2, 0) is 23.4 Å². The van der Waals surface area contributed by atoms with Crippen molar-refractivity contribution in [2.75, 3.05) is 6.61 Å². The summed E-state index contributed by atoms with van der Waals surface area (Å²) in [7, 11) is -4.68. The lowest BCUT2D eigenvalue weighted by atomic mass is 9.97. The van der Waals surface area contributed by atoms with Crippen molar-refractivity contribution in [1.82, 2.24) is 14.6 Å². The third kappa shape index (κ3) is 6.66. The van der Waals surface area contributed by atoms with E-state index in [2.05, 4.69) is 21.0 Å². The Morgan fingerprint density at radius 1 is 1.21 bits per heavy atom. The number of nitrogens with zero attached hydrogens (tertiary/aromatic N) is 1. The van der Waals surface area contributed by atoms with Gasteiger partial charge in [0.25, 0.3) is 11.4 Å². The average molecular weight is 676 g/mol. The van der Waals surface area contributed by atoms with Crippen molar-refractivity contribution >= 4 is 40.4 Å². The first-order chi connectivity index (χ1) is 19.5. The highest BCUT2D eigenvalue weighted by atomic mass is 79.9. The zero-order valence-electron chi connectivity index (χ0n) is 22.9. The quantitative estimate of drug-likeness (QED) is 0.213. The summed E-state index contributed by atoms with van der Waals surface area (Å²) in [5.74, 6) is -4.17. The number of rotatable bonds is 10. The van der Waals surface area contributed by atoms with Crippen LogP contribution in [0.15, 0.2) is 62.7 Å². The second-order valence-electron chi connectivity index (χ2n) is 10.2. The van der Waals surface area contributed by atoms with Crippen LogP contribution in [0.5, 0.6) is 5.75 Å². The van der Waals surface area contributed by atoms with Gasteiger partial charge in [-0.05, 0) is 66.5 Å². The topological polar surface area (TPSA) is 158 Å². The van der Waals surface area contributed by atoms with Crippen molar-refractivity contribution in [3.05, 3.63) is 74.0 Å². The number of ether oxygens (including phenoxy) is 2. The van der Waals surface area contributed by atoms with Gasteiger partial charge in [0.05, 0.1) is 10.6 Å². The van der Waals surface area contributed by atoms with E-state index < -0.39 is 67.6 Å². The lowest BCUT2D eigenvalue weighted by molar-refractivity contribution is -0.204. The van der Waals surface area contributed by atoms with Crippen LogP contribution in [0, 0.1) is 0 Å². The van der Waals surface area contributed by atoms with E-state index in [1.54, 1.807) is 32.0 Å². The molecule has 6 atom stereocenters. The molecular weight excluding hydrogens is 647 g/mol. The van der Waals surface area contributed by atoms with Gasteiger partial charge in [-0.3, -0.25) is 23.7 Å². The molecule has 0 aliphatic carbocycles. The Labute approximate surface area is 246 Å². The fourth-order valence-electron chi connectivity index (χ4n) is 4.25. The maximum absolute atomic E-state index is 16.1. The highest BCUT2D eigenvalue weighted by molar-refractivity contribution is 9.10. The first-order valence-electron chi connectivity index (χ1n) is 12.7. The monoisotopic (exact) mass is 675 g/mol. The Hall–Kier alpha value is -2.94. The first kappa shape index (κ1) is 32.0. The van der Waals surface area contributed by atoms with Crippen LogP contribution in [0.3, 0.4) is 0 Å². The minimum absolute atomic E-state index is 0.0209. The molecule has 0 saturated carbocycles. The van der Waals surface area contributed by atoms with E-state index in [0.29, 0.717) is 9.95 Å². The summed E-state index contributed by atoms with van der Waals surface area (Å²) in [6, 6.07) is 10.6. The second kappa shape index (κ2) is 12.0. The molecule has 16 heteroatoms. The molecule has 4 rings (SSSR count). The van der Waals surface area contributed by atoms with Crippen molar-refractivity contribution in [1.29, 1.82) is 0 Å². The number of halogens is 3. The Kier molecular flexibility index (Phi) is 9.12. The molecule has 2 heterocycles. The molecule has 2 aromatic carbocycles. The predicted octanol–water partition coefficient (Wildman–Crippen LogP) is 3.87. The molecule has 228 valence electrons. The molecule has 12 nitrogen and oxygen atoms in total. The number of carbonyl (C=O) groups excluding carboxylic acids is 1. The van der Waals surface area contributed by atoms with Crippen molar-refractivity contribution in [2.45, 2.75) is 63.7 Å². The Bertz CT molecular complexity index is 1650. The maximum atomic E-state index is 16.1. The number of H-pyrrole nitrogens is 1. The molecule has 1 fully saturated rings. The van der Waals surface area contributed by atoms with Gasteiger partial charge in [-0.2, -0.15) is 5.09 Å². The van der Waals surface area contributed by atoms with E-state index in [4.69, 9.17) is 18.5 Å². The number of alkyl halides is 2. The summed E-state index contributed by atoms with van der Waals surface area (Å²) >= 11 is 2.90. The lowest BCUT2D eigenvalue weighted by Crippen LogP contribution is -2.48. The number of carbonyl (C=O) groups is 1. The lowest BCUT2D eigenvalue weighted by Gasteiger charge is -2.28. The van der Waals surface area contributed by atoms with Gasteiger partial charge in [-0.1, -0.05) is 30.3 Å². The van der Waals surface area contributed by atoms with E-state index >= 15 is 8.78 Å². The minimum Gasteiger partial charge on any atom is -0.462 e. The number of hydrogen-bond donors (Lipinski definition) is 3. The third-order valence-corrected chi connectivity index (χ3v) is 8.53. The maximum Gasteiger partial charge on any atom is 0.459 e. The second-order valence-corrected chi connectivity index (χ2v) is 12.7. The summed E-state index contributed by atoms with van der Waals surface area (Å²) in [4.78, 5) is 38.4. The number of hydrogen-bond acceptors (Lipinski definition) is 9. The molecule has 0 radical (unpaired) electrons. The van der Waals surface area contributed by atoms with Gasteiger partial charge in [0, 0.05) is 6.20 Å². The normalized spacial score (nSPS) is 26.2. The van der Waals surface area contributed by atoms with Crippen molar-refractivity contribution in [3.63, 3.8) is 0 Å². The SMILES string of the molecule is CC(C)OC(=O)C(C)NP(=O)(OC[C@@]1(F)O[C@@H](n2cc(Br)c(=O)[nH]c2=O)[C@](C)(F)[C@@H]1O)Oc1ccc2ccccc2c1. The summed E-state index contributed by atoms with van der Waals surface area (Å²) in [6.07, 6.45) is -4.27. The van der Waals surface area contributed by atoms with Crippen molar-refractivity contribution < 1.29 is 41.8 Å². The number of benzene rings is 2. The Balaban J connectivity index is 1.63. The predicted molar refractivity (Wildman–Crippen MR) is 150 cm³/mol. The third-order valence-electron chi connectivity index (χ3n) is 6.35. The van der Waals surface area contributed by atoms with Crippen molar-refractivity contribution in [2.24, 2.45) is 0 Å². The summed E-state index contributed by atoms with van der Waals surface area (Å²) in [5.41, 5.74) is -4.91. The minimum atomic E-state index is -4.68. The molecule has 3 aromatic rings. The zero-order valence-corrected chi connectivity index (χ0v) is 25.4. The number of nitrogens with one attached hydrogen (secondary N) is 2. The van der Waals surface area contributed by atoms with E-state index in [1.165, 1.54) is 19.1 Å². The number of fused-ring (bicyclic) bond motifs is 1. The number of aromatic nitrogens is 2. The molecule has 3 N–H and O–H groups in total. The molecular formula is C26H29BrF2N3O9P. The van der Waals surface area contributed by atoms with Crippen LogP contribution < -0.4 is 20.9 Å². The standard InChI is InChI=1S/C26H29BrF2N3O9P/c1-14(2)39-21(34)15(3)31-42(37,41-18-10-9-16-7-5-6-8-17(16)11-18)38-13-26(29)22(35)25(4,28)23(40-26)32-12-19(27)20(33)30-24(32)36/h5-12,14-15,22-23,35H,13H2,1-4H3,(H,31,37)(H,30,33,36)/t15?,22-,23+,25+,26+,42?/m0/s1. The summed E-state index contributed by atoms with van der Waals surface area (Å²) < 4.78 is 67.2. The van der Waals surface area contributed by atoms with Crippen LogP contribution in [0.2, 0.25) is 0 Å². The molecule has 2 unspecified atom stereocenters. The van der Waals surface area contributed by atoms with Gasteiger partial charge in [0.1, 0.15) is 18.4 Å². The number of esters is 1. The Morgan fingerprint density at radius 2 is 1.88 bits per heavy atom. The molecule has 0 amide bonds. The van der Waals surface area contributed by atoms with E-state index in [-0.39, 0.29) is 10.2 Å². The van der Waals surface area contributed by atoms with Crippen LogP contribution in [0.25, 0.3) is 10.8 Å². The number of aromatic amines is 1. The van der Waals surface area contributed by atoms with Gasteiger partial charge in [0.15, 0.2) is 18.0 Å². The molecule has 1 aliphatic heterocycles. The average Bonchev–Trinajstić information content (AvgIpc) is 3.09. The first-order valence-corrected chi connectivity index (χ1v) is 15.0. The summed E-state index contributed by atoms with van der Waals surface area (Å²) in [5, 5.41) is 14.5. The molecule has 0 bridgehead atoms. The van der Waals surface area contributed by atoms with Gasteiger partial charge in [-0.25, -0.2) is 18.1 Å². The van der Waals surface area contributed by atoms with Gasteiger partial charge in [0.2, 0.25) is 0 Å². The van der Waals surface area contributed by atoms with Gasteiger partial charge in [-0.15, -0.1) is 0 Å².